The summed E-state index contributed by atoms with van der Waals surface area (Å²) in [7, 11) is 0. The maximum absolute atomic E-state index is 10.6. The molecule has 1 aromatic carbocycles. The van der Waals surface area contributed by atoms with E-state index in [-0.39, 0.29) is 0 Å². The fraction of sp³-hybridized carbons (Fsp3) is 0.462. The molecule has 0 saturated heterocycles. The zero-order chi connectivity index (χ0) is 11.5. The van der Waals surface area contributed by atoms with Gasteiger partial charge in [-0.3, -0.25) is 4.79 Å². The highest BCUT2D eigenvalue weighted by molar-refractivity contribution is 5.73. The first-order valence-electron chi connectivity index (χ1n) is 5.74. The molecule has 0 heterocycles. The SMILES string of the molecule is NC(Cc1ccc(C2CCC2)cc1)C(=O)O. The molecule has 1 aromatic rings. The minimum Gasteiger partial charge on any atom is -0.480 e. The van der Waals surface area contributed by atoms with E-state index in [4.69, 9.17) is 10.8 Å². The minimum atomic E-state index is -0.942. The summed E-state index contributed by atoms with van der Waals surface area (Å²) in [5.74, 6) is -0.217. The Balaban J connectivity index is 1.98. The van der Waals surface area contributed by atoms with Crippen LogP contribution in [0.25, 0.3) is 0 Å². The van der Waals surface area contributed by atoms with Crippen LogP contribution in [0.2, 0.25) is 0 Å². The zero-order valence-corrected chi connectivity index (χ0v) is 9.23. The van der Waals surface area contributed by atoms with Crippen LogP contribution >= 0.6 is 0 Å². The maximum Gasteiger partial charge on any atom is 0.320 e. The first-order valence-corrected chi connectivity index (χ1v) is 5.74. The van der Waals surface area contributed by atoms with E-state index >= 15 is 0 Å². The molecule has 1 fully saturated rings. The normalized spacial score (nSPS) is 17.8. The van der Waals surface area contributed by atoms with Gasteiger partial charge < -0.3 is 10.8 Å². The monoisotopic (exact) mass is 219 g/mol. The molecule has 0 radical (unpaired) electrons. The van der Waals surface area contributed by atoms with Crippen molar-refractivity contribution in [2.24, 2.45) is 5.73 Å². The first kappa shape index (κ1) is 11.1. The third-order valence-electron chi connectivity index (χ3n) is 3.33. The number of carboxylic acids is 1. The van der Waals surface area contributed by atoms with Crippen LogP contribution in [0.4, 0.5) is 0 Å². The summed E-state index contributed by atoms with van der Waals surface area (Å²) in [6.45, 7) is 0. The summed E-state index contributed by atoms with van der Waals surface area (Å²) in [5.41, 5.74) is 7.86. The molecule has 0 spiro atoms. The molecule has 0 amide bonds. The lowest BCUT2D eigenvalue weighted by Gasteiger charge is -2.25. The molecule has 1 atom stereocenters. The second-order valence-electron chi connectivity index (χ2n) is 4.52. The molecule has 0 aliphatic heterocycles. The van der Waals surface area contributed by atoms with Crippen molar-refractivity contribution in [2.75, 3.05) is 0 Å². The summed E-state index contributed by atoms with van der Waals surface area (Å²) < 4.78 is 0. The summed E-state index contributed by atoms with van der Waals surface area (Å²) in [4.78, 5) is 10.6. The fourth-order valence-electron chi connectivity index (χ4n) is 2.01. The summed E-state index contributed by atoms with van der Waals surface area (Å²) in [6, 6.07) is 7.41. The highest BCUT2D eigenvalue weighted by atomic mass is 16.4. The Kier molecular flexibility index (Phi) is 3.25. The van der Waals surface area contributed by atoms with Gasteiger partial charge in [0, 0.05) is 0 Å². The van der Waals surface area contributed by atoms with E-state index in [1.807, 2.05) is 12.1 Å². The molecule has 1 saturated carbocycles. The largest absolute Gasteiger partial charge is 0.480 e. The number of hydrogen-bond donors (Lipinski definition) is 2. The van der Waals surface area contributed by atoms with E-state index in [1.165, 1.54) is 24.8 Å². The van der Waals surface area contributed by atoms with Gasteiger partial charge in [-0.1, -0.05) is 30.7 Å². The quantitative estimate of drug-likeness (QED) is 0.813. The number of benzene rings is 1. The van der Waals surface area contributed by atoms with Crippen LogP contribution in [0, 0.1) is 0 Å². The van der Waals surface area contributed by atoms with Crippen LogP contribution in [-0.2, 0) is 11.2 Å². The molecular weight excluding hydrogens is 202 g/mol. The van der Waals surface area contributed by atoms with Crippen molar-refractivity contribution in [3.05, 3.63) is 35.4 Å². The van der Waals surface area contributed by atoms with Crippen molar-refractivity contribution in [1.29, 1.82) is 0 Å². The molecule has 1 aliphatic rings. The van der Waals surface area contributed by atoms with Crippen LogP contribution < -0.4 is 5.73 Å². The third kappa shape index (κ3) is 2.42. The maximum atomic E-state index is 10.6. The molecule has 1 aliphatic carbocycles. The van der Waals surface area contributed by atoms with Crippen molar-refractivity contribution >= 4 is 5.97 Å². The first-order chi connectivity index (χ1) is 7.66. The van der Waals surface area contributed by atoms with Crippen molar-refractivity contribution < 1.29 is 9.90 Å². The third-order valence-corrected chi connectivity index (χ3v) is 3.33. The van der Waals surface area contributed by atoms with Gasteiger partial charge in [0.25, 0.3) is 0 Å². The molecule has 0 aromatic heterocycles. The zero-order valence-electron chi connectivity index (χ0n) is 9.23. The van der Waals surface area contributed by atoms with Gasteiger partial charge in [-0.05, 0) is 36.3 Å². The second-order valence-corrected chi connectivity index (χ2v) is 4.52. The van der Waals surface area contributed by atoms with Gasteiger partial charge in [0.1, 0.15) is 6.04 Å². The fourth-order valence-corrected chi connectivity index (χ4v) is 2.01. The predicted octanol–water partition coefficient (Wildman–Crippen LogP) is 1.91. The summed E-state index contributed by atoms with van der Waals surface area (Å²) in [6.07, 6.45) is 4.30. The highest BCUT2D eigenvalue weighted by Gasteiger charge is 2.19. The number of aliphatic carboxylic acids is 1. The Morgan fingerprint density at radius 2 is 2.00 bits per heavy atom. The number of rotatable bonds is 4. The molecule has 3 N–H and O–H groups in total. The number of carboxylic acid groups (broad SMARTS) is 1. The van der Waals surface area contributed by atoms with E-state index in [0.717, 1.165) is 11.5 Å². The Labute approximate surface area is 95.3 Å². The summed E-state index contributed by atoms with van der Waals surface area (Å²) >= 11 is 0. The van der Waals surface area contributed by atoms with E-state index in [9.17, 15) is 4.79 Å². The van der Waals surface area contributed by atoms with Gasteiger partial charge in [0.05, 0.1) is 0 Å². The molecule has 3 nitrogen and oxygen atoms in total. The van der Waals surface area contributed by atoms with Crippen LogP contribution in [0.15, 0.2) is 24.3 Å². The molecule has 1 unspecified atom stereocenters. The molecule has 3 heteroatoms. The molecule has 2 rings (SSSR count). The van der Waals surface area contributed by atoms with Crippen LogP contribution in [0.1, 0.15) is 36.3 Å². The van der Waals surface area contributed by atoms with Crippen LogP contribution in [0.3, 0.4) is 0 Å². The number of carbonyl (C=O) groups is 1. The number of nitrogens with two attached hydrogens (primary N) is 1. The smallest absolute Gasteiger partial charge is 0.320 e. The lowest BCUT2D eigenvalue weighted by Crippen LogP contribution is -2.32. The minimum absolute atomic E-state index is 0.403. The summed E-state index contributed by atoms with van der Waals surface area (Å²) in [5, 5.41) is 8.71. The van der Waals surface area contributed by atoms with Gasteiger partial charge in [0.15, 0.2) is 0 Å². The van der Waals surface area contributed by atoms with Gasteiger partial charge in [-0.15, -0.1) is 0 Å². The number of hydrogen-bond acceptors (Lipinski definition) is 2. The lowest BCUT2D eigenvalue weighted by molar-refractivity contribution is -0.138. The van der Waals surface area contributed by atoms with E-state index < -0.39 is 12.0 Å². The Morgan fingerprint density at radius 3 is 2.44 bits per heavy atom. The van der Waals surface area contributed by atoms with Crippen molar-refractivity contribution in [3.63, 3.8) is 0 Å². The van der Waals surface area contributed by atoms with Crippen molar-refractivity contribution in [1.82, 2.24) is 0 Å². The second kappa shape index (κ2) is 4.66. The topological polar surface area (TPSA) is 63.3 Å². The molecular formula is C13H17NO2. The van der Waals surface area contributed by atoms with Crippen LogP contribution in [-0.4, -0.2) is 17.1 Å². The molecule has 0 bridgehead atoms. The Morgan fingerprint density at radius 1 is 1.38 bits per heavy atom. The predicted molar refractivity (Wildman–Crippen MR) is 62.3 cm³/mol. The standard InChI is InChI=1S/C13H17NO2/c14-12(13(15)16)8-9-4-6-11(7-5-9)10-2-1-3-10/h4-7,10,12H,1-3,8,14H2,(H,15,16). The molecule has 16 heavy (non-hydrogen) atoms. The van der Waals surface area contributed by atoms with E-state index in [2.05, 4.69) is 12.1 Å². The molecule has 86 valence electrons. The average Bonchev–Trinajstić information content (AvgIpc) is 2.18. The van der Waals surface area contributed by atoms with E-state index in [0.29, 0.717) is 6.42 Å². The van der Waals surface area contributed by atoms with Crippen molar-refractivity contribution in [2.45, 2.75) is 37.6 Å². The average molecular weight is 219 g/mol. The van der Waals surface area contributed by atoms with Gasteiger partial charge in [0.2, 0.25) is 0 Å². The van der Waals surface area contributed by atoms with Gasteiger partial charge in [-0.2, -0.15) is 0 Å². The Bertz CT molecular complexity index is 368. The van der Waals surface area contributed by atoms with Gasteiger partial charge >= 0.3 is 5.97 Å². The Hall–Kier alpha value is -1.35. The van der Waals surface area contributed by atoms with E-state index in [1.54, 1.807) is 0 Å². The van der Waals surface area contributed by atoms with Crippen LogP contribution in [0.5, 0.6) is 0 Å². The highest BCUT2D eigenvalue weighted by Crippen LogP contribution is 2.36. The van der Waals surface area contributed by atoms with Crippen molar-refractivity contribution in [3.8, 4) is 0 Å². The van der Waals surface area contributed by atoms with Gasteiger partial charge in [-0.25, -0.2) is 0 Å². The lowest BCUT2D eigenvalue weighted by atomic mass is 9.80.